The summed E-state index contributed by atoms with van der Waals surface area (Å²) in [6.45, 7) is 4.28. The van der Waals surface area contributed by atoms with E-state index in [4.69, 9.17) is 4.74 Å². The number of piperazine rings is 1. The maximum Gasteiger partial charge on any atom is 0.330 e. The van der Waals surface area contributed by atoms with Gasteiger partial charge in [0, 0.05) is 6.54 Å². The molecule has 0 aliphatic carbocycles. The fourth-order valence-corrected chi connectivity index (χ4v) is 1.36. The average molecular weight is 214 g/mol. The normalized spacial score (nSPS) is 21.2. The molecule has 1 aliphatic rings. The fourth-order valence-electron chi connectivity index (χ4n) is 1.36. The molecule has 15 heavy (non-hydrogen) atoms. The van der Waals surface area contributed by atoms with E-state index in [0.717, 1.165) is 0 Å². The summed E-state index contributed by atoms with van der Waals surface area (Å²) in [5, 5.41) is 2.31. The minimum atomic E-state index is -0.749. The van der Waals surface area contributed by atoms with Crippen molar-refractivity contribution in [3.63, 3.8) is 0 Å². The van der Waals surface area contributed by atoms with Gasteiger partial charge in [0.1, 0.15) is 6.04 Å². The third-order valence-corrected chi connectivity index (χ3v) is 2.14. The number of nitrogens with zero attached hydrogens (tertiary/aromatic N) is 1. The highest BCUT2D eigenvalue weighted by molar-refractivity contribution is 6.36. The molecule has 6 nitrogen and oxygen atoms in total. The number of ether oxygens (including phenoxy) is 1. The highest BCUT2D eigenvalue weighted by Crippen LogP contribution is 2.03. The first-order chi connectivity index (χ1) is 7.10. The number of carbonyl (C=O) groups excluding carboxylic acids is 3. The Balaban J connectivity index is 2.67. The summed E-state index contributed by atoms with van der Waals surface area (Å²) in [5.74, 6) is -1.85. The van der Waals surface area contributed by atoms with E-state index in [9.17, 15) is 14.4 Å². The van der Waals surface area contributed by atoms with Gasteiger partial charge in [-0.15, -0.1) is 0 Å². The molecule has 6 heteroatoms. The predicted molar refractivity (Wildman–Crippen MR) is 50.8 cm³/mol. The SMILES string of the molecule is CCOC(=O)[C@H]1CN(CC)C(=O)C(=O)N1. The first-order valence-electron chi connectivity index (χ1n) is 4.86. The second kappa shape index (κ2) is 4.77. The lowest BCUT2D eigenvalue weighted by Gasteiger charge is -2.30. The van der Waals surface area contributed by atoms with Crippen LogP contribution in [0, 0.1) is 0 Å². The van der Waals surface area contributed by atoms with Crippen LogP contribution in [0.1, 0.15) is 13.8 Å². The molecule has 1 N–H and O–H groups in total. The maximum absolute atomic E-state index is 11.3. The van der Waals surface area contributed by atoms with Crippen molar-refractivity contribution in [1.82, 2.24) is 10.2 Å². The summed E-state index contributed by atoms with van der Waals surface area (Å²) in [6.07, 6.45) is 0. The van der Waals surface area contributed by atoms with Gasteiger partial charge in [0.15, 0.2) is 0 Å². The Morgan fingerprint density at radius 1 is 1.53 bits per heavy atom. The number of nitrogens with one attached hydrogen (secondary N) is 1. The molecular weight excluding hydrogens is 200 g/mol. The van der Waals surface area contributed by atoms with Gasteiger partial charge in [-0.25, -0.2) is 4.79 Å². The van der Waals surface area contributed by atoms with E-state index in [1.165, 1.54) is 4.90 Å². The first kappa shape index (κ1) is 11.5. The summed E-state index contributed by atoms with van der Waals surface area (Å²) >= 11 is 0. The summed E-state index contributed by atoms with van der Waals surface area (Å²) in [5.41, 5.74) is 0. The van der Waals surface area contributed by atoms with Gasteiger partial charge in [-0.1, -0.05) is 0 Å². The van der Waals surface area contributed by atoms with Crippen molar-refractivity contribution in [3.8, 4) is 0 Å². The van der Waals surface area contributed by atoms with Crippen LogP contribution in [0.15, 0.2) is 0 Å². The number of hydrogen-bond acceptors (Lipinski definition) is 4. The number of esters is 1. The Morgan fingerprint density at radius 2 is 2.20 bits per heavy atom. The number of hydrogen-bond donors (Lipinski definition) is 1. The summed E-state index contributed by atoms with van der Waals surface area (Å²) in [7, 11) is 0. The molecule has 0 aromatic rings. The molecule has 1 rings (SSSR count). The molecule has 2 amide bonds. The summed E-state index contributed by atoms with van der Waals surface area (Å²) < 4.78 is 4.77. The second-order valence-corrected chi connectivity index (χ2v) is 3.12. The number of amides is 2. The molecule has 0 radical (unpaired) electrons. The van der Waals surface area contributed by atoms with Crippen LogP contribution in [-0.2, 0) is 19.1 Å². The molecule has 1 heterocycles. The molecule has 1 saturated heterocycles. The zero-order valence-corrected chi connectivity index (χ0v) is 8.78. The Morgan fingerprint density at radius 3 is 2.73 bits per heavy atom. The number of carbonyl (C=O) groups is 3. The molecule has 0 unspecified atom stereocenters. The third kappa shape index (κ3) is 2.45. The van der Waals surface area contributed by atoms with Crippen molar-refractivity contribution in [2.45, 2.75) is 19.9 Å². The largest absolute Gasteiger partial charge is 0.464 e. The van der Waals surface area contributed by atoms with Crippen LogP contribution < -0.4 is 5.32 Å². The van der Waals surface area contributed by atoms with E-state index < -0.39 is 23.8 Å². The van der Waals surface area contributed by atoms with Crippen LogP contribution in [0.3, 0.4) is 0 Å². The van der Waals surface area contributed by atoms with Crippen molar-refractivity contribution in [2.24, 2.45) is 0 Å². The molecule has 1 aliphatic heterocycles. The molecular formula is C9H14N2O4. The molecule has 1 atom stereocenters. The Bertz CT molecular complexity index is 290. The molecule has 1 fully saturated rings. The Kier molecular flexibility index (Phi) is 3.65. The van der Waals surface area contributed by atoms with E-state index in [2.05, 4.69) is 5.32 Å². The molecule has 84 valence electrons. The van der Waals surface area contributed by atoms with E-state index >= 15 is 0 Å². The third-order valence-electron chi connectivity index (χ3n) is 2.14. The topological polar surface area (TPSA) is 75.7 Å². The van der Waals surface area contributed by atoms with E-state index in [1.54, 1.807) is 13.8 Å². The van der Waals surface area contributed by atoms with Gasteiger partial charge >= 0.3 is 17.8 Å². The van der Waals surface area contributed by atoms with Crippen molar-refractivity contribution >= 4 is 17.8 Å². The van der Waals surface area contributed by atoms with Gasteiger partial charge in [-0.05, 0) is 13.8 Å². The van der Waals surface area contributed by atoms with Crippen LogP contribution >= 0.6 is 0 Å². The molecule has 0 aromatic carbocycles. The van der Waals surface area contributed by atoms with Crippen molar-refractivity contribution < 1.29 is 19.1 Å². The minimum absolute atomic E-state index is 0.180. The van der Waals surface area contributed by atoms with Crippen LogP contribution in [0.25, 0.3) is 0 Å². The van der Waals surface area contributed by atoms with Crippen LogP contribution in [0.4, 0.5) is 0 Å². The highest BCUT2D eigenvalue weighted by Gasteiger charge is 2.35. The van der Waals surface area contributed by atoms with Gasteiger partial charge in [-0.3, -0.25) is 9.59 Å². The monoisotopic (exact) mass is 214 g/mol. The molecule has 0 aromatic heterocycles. The van der Waals surface area contributed by atoms with Gasteiger partial charge in [-0.2, -0.15) is 0 Å². The lowest BCUT2D eigenvalue weighted by Crippen LogP contribution is -2.60. The van der Waals surface area contributed by atoms with Gasteiger partial charge in [0.05, 0.1) is 13.2 Å². The second-order valence-electron chi connectivity index (χ2n) is 3.12. The lowest BCUT2D eigenvalue weighted by molar-refractivity contribution is -0.156. The standard InChI is InChI=1S/C9H14N2O4/c1-3-11-5-6(9(14)15-4-2)10-7(12)8(11)13/h6H,3-5H2,1-2H3,(H,10,12)/t6-/m1/s1. The molecule has 0 saturated carbocycles. The van der Waals surface area contributed by atoms with Crippen LogP contribution in [-0.4, -0.2) is 48.4 Å². The van der Waals surface area contributed by atoms with E-state index in [-0.39, 0.29) is 13.2 Å². The molecule has 0 bridgehead atoms. The average Bonchev–Trinajstić information content (AvgIpc) is 2.22. The summed E-state index contributed by atoms with van der Waals surface area (Å²) in [4.78, 5) is 35.1. The van der Waals surface area contributed by atoms with Gasteiger partial charge in [0.25, 0.3) is 0 Å². The Labute approximate surface area is 87.6 Å². The molecule has 0 spiro atoms. The highest BCUT2D eigenvalue weighted by atomic mass is 16.5. The Hall–Kier alpha value is -1.59. The maximum atomic E-state index is 11.3. The minimum Gasteiger partial charge on any atom is -0.464 e. The van der Waals surface area contributed by atoms with Crippen LogP contribution in [0.5, 0.6) is 0 Å². The van der Waals surface area contributed by atoms with Gasteiger partial charge < -0.3 is 15.0 Å². The summed E-state index contributed by atoms with van der Waals surface area (Å²) in [6, 6.07) is -0.741. The predicted octanol–water partition coefficient (Wildman–Crippen LogP) is -1.10. The number of likely N-dealkylation sites (N-methyl/N-ethyl adjacent to an activating group) is 1. The lowest BCUT2D eigenvalue weighted by atomic mass is 10.2. The number of rotatable bonds is 3. The quantitative estimate of drug-likeness (QED) is 0.478. The van der Waals surface area contributed by atoms with Crippen molar-refractivity contribution in [2.75, 3.05) is 19.7 Å². The fraction of sp³-hybridized carbons (Fsp3) is 0.667. The van der Waals surface area contributed by atoms with Crippen molar-refractivity contribution in [3.05, 3.63) is 0 Å². The van der Waals surface area contributed by atoms with E-state index in [1.807, 2.05) is 0 Å². The first-order valence-corrected chi connectivity index (χ1v) is 4.86. The zero-order chi connectivity index (χ0) is 11.4. The van der Waals surface area contributed by atoms with E-state index in [0.29, 0.717) is 6.54 Å². The zero-order valence-electron chi connectivity index (χ0n) is 8.78. The van der Waals surface area contributed by atoms with Gasteiger partial charge in [0.2, 0.25) is 0 Å². The smallest absolute Gasteiger partial charge is 0.330 e. The van der Waals surface area contributed by atoms with Crippen LogP contribution in [0.2, 0.25) is 0 Å². The van der Waals surface area contributed by atoms with Crippen molar-refractivity contribution in [1.29, 1.82) is 0 Å².